The van der Waals surface area contributed by atoms with Crippen LogP contribution in [0.15, 0.2) is 82.3 Å². The molecule has 0 radical (unpaired) electrons. The summed E-state index contributed by atoms with van der Waals surface area (Å²) >= 11 is 0. The third kappa shape index (κ3) is 4.03. The molecule has 4 rings (SSSR count). The van der Waals surface area contributed by atoms with Crippen LogP contribution in [0.1, 0.15) is 0 Å². The second-order valence-electron chi connectivity index (χ2n) is 5.99. The Morgan fingerprint density at radius 1 is 0.929 bits per heavy atom. The first-order valence-electron chi connectivity index (χ1n) is 8.61. The fourth-order valence-corrected chi connectivity index (χ4v) is 3.75. The molecule has 2 aromatic carbocycles. The number of hydrogen-bond acceptors (Lipinski definition) is 6. The summed E-state index contributed by atoms with van der Waals surface area (Å²) < 4.78 is 38.1. The van der Waals surface area contributed by atoms with Crippen molar-refractivity contribution in [1.82, 2.24) is 14.9 Å². The lowest BCUT2D eigenvalue weighted by Crippen LogP contribution is -2.28. The van der Waals surface area contributed by atoms with E-state index in [2.05, 4.69) is 14.9 Å². The van der Waals surface area contributed by atoms with Gasteiger partial charge in [-0.15, -0.1) is 10.2 Å². The highest BCUT2D eigenvalue weighted by molar-refractivity contribution is 7.89. The Bertz CT molecular complexity index is 1170. The lowest BCUT2D eigenvalue weighted by atomic mass is 10.1. The van der Waals surface area contributed by atoms with Crippen LogP contribution < -0.4 is 9.46 Å². The molecule has 0 saturated heterocycles. The van der Waals surface area contributed by atoms with Gasteiger partial charge in [0, 0.05) is 12.6 Å². The van der Waals surface area contributed by atoms with Crippen LogP contribution in [0.5, 0.6) is 5.88 Å². The van der Waals surface area contributed by atoms with Gasteiger partial charge in [-0.3, -0.25) is 0 Å². The van der Waals surface area contributed by atoms with Gasteiger partial charge in [0.1, 0.15) is 12.3 Å². The predicted molar refractivity (Wildman–Crippen MR) is 104 cm³/mol. The van der Waals surface area contributed by atoms with Gasteiger partial charge in [-0.05, 0) is 41.1 Å². The number of nitrogens with one attached hydrogen (secondary N) is 1. The summed E-state index contributed by atoms with van der Waals surface area (Å²) in [7, 11) is -3.62. The predicted octanol–water partition coefficient (Wildman–Crippen LogP) is 3.25. The minimum absolute atomic E-state index is 0.108. The standard InChI is InChI=1S/C20H17N3O4S/c24-28(25,17-8-7-15-4-1-2-5-16(15)14-17)21-11-13-27-20-10-9-18(22-23-20)19-6-3-12-26-19/h1-10,12,14,21H,11,13H2. The summed E-state index contributed by atoms with van der Waals surface area (Å²) in [5.41, 5.74) is 0.592. The average molecular weight is 395 g/mol. The molecule has 0 atom stereocenters. The summed E-state index contributed by atoms with van der Waals surface area (Å²) in [6.07, 6.45) is 1.56. The van der Waals surface area contributed by atoms with Crippen LogP contribution >= 0.6 is 0 Å². The van der Waals surface area contributed by atoms with Crippen LogP contribution in [0.4, 0.5) is 0 Å². The summed E-state index contributed by atoms with van der Waals surface area (Å²) in [5.74, 6) is 0.919. The van der Waals surface area contributed by atoms with Crippen molar-refractivity contribution in [2.45, 2.75) is 4.90 Å². The highest BCUT2D eigenvalue weighted by Gasteiger charge is 2.14. The molecule has 0 bridgehead atoms. The first kappa shape index (κ1) is 18.1. The summed E-state index contributed by atoms with van der Waals surface area (Å²) in [6, 6.07) is 19.6. The maximum absolute atomic E-state index is 12.5. The normalized spacial score (nSPS) is 11.6. The molecule has 1 N–H and O–H groups in total. The molecule has 0 amide bonds. The first-order chi connectivity index (χ1) is 13.6. The molecular weight excluding hydrogens is 378 g/mol. The highest BCUT2D eigenvalue weighted by atomic mass is 32.2. The van der Waals surface area contributed by atoms with Gasteiger partial charge in [0.2, 0.25) is 15.9 Å². The molecule has 8 heteroatoms. The molecule has 0 fully saturated rings. The van der Waals surface area contributed by atoms with Gasteiger partial charge in [-0.25, -0.2) is 13.1 Å². The Morgan fingerprint density at radius 3 is 2.54 bits per heavy atom. The van der Waals surface area contributed by atoms with E-state index in [0.717, 1.165) is 10.8 Å². The average Bonchev–Trinajstić information content (AvgIpc) is 3.26. The van der Waals surface area contributed by atoms with Crippen molar-refractivity contribution >= 4 is 20.8 Å². The number of nitrogens with zero attached hydrogens (tertiary/aromatic N) is 2. The largest absolute Gasteiger partial charge is 0.475 e. The van der Waals surface area contributed by atoms with Crippen molar-refractivity contribution in [3.05, 3.63) is 73.0 Å². The van der Waals surface area contributed by atoms with Gasteiger partial charge in [-0.1, -0.05) is 30.3 Å². The smallest absolute Gasteiger partial charge is 0.240 e. The van der Waals surface area contributed by atoms with Crippen LogP contribution in [0.3, 0.4) is 0 Å². The Hall–Kier alpha value is -3.23. The number of fused-ring (bicyclic) bond motifs is 1. The molecule has 2 aromatic heterocycles. The Morgan fingerprint density at radius 2 is 1.79 bits per heavy atom. The van der Waals surface area contributed by atoms with Crippen molar-refractivity contribution < 1.29 is 17.6 Å². The second-order valence-corrected chi connectivity index (χ2v) is 7.76. The number of sulfonamides is 1. The number of rotatable bonds is 7. The molecular formula is C20H17N3O4S. The van der Waals surface area contributed by atoms with E-state index < -0.39 is 10.0 Å². The van der Waals surface area contributed by atoms with Crippen molar-refractivity contribution in [2.75, 3.05) is 13.2 Å². The zero-order chi connectivity index (χ0) is 19.4. The minimum Gasteiger partial charge on any atom is -0.475 e. The van der Waals surface area contributed by atoms with Gasteiger partial charge in [0.15, 0.2) is 5.76 Å². The Kier molecular flexibility index (Phi) is 5.05. The van der Waals surface area contributed by atoms with E-state index in [0.29, 0.717) is 17.3 Å². The number of benzene rings is 2. The number of aromatic nitrogens is 2. The van der Waals surface area contributed by atoms with Crippen LogP contribution in [0.25, 0.3) is 22.2 Å². The molecule has 0 saturated carbocycles. The molecule has 7 nitrogen and oxygen atoms in total. The highest BCUT2D eigenvalue weighted by Crippen LogP contribution is 2.19. The molecule has 142 valence electrons. The van der Waals surface area contributed by atoms with Crippen LogP contribution in [-0.2, 0) is 10.0 Å². The number of furan rings is 1. The quantitative estimate of drug-likeness (QED) is 0.483. The Balaban J connectivity index is 1.33. The number of hydrogen-bond donors (Lipinski definition) is 1. The van der Waals surface area contributed by atoms with Crippen molar-refractivity contribution in [2.24, 2.45) is 0 Å². The van der Waals surface area contributed by atoms with Gasteiger partial charge in [0.05, 0.1) is 11.2 Å². The maximum atomic E-state index is 12.5. The number of ether oxygens (including phenoxy) is 1. The van der Waals surface area contributed by atoms with Crippen molar-refractivity contribution in [3.8, 4) is 17.3 Å². The zero-order valence-corrected chi connectivity index (χ0v) is 15.6. The third-order valence-corrected chi connectivity index (χ3v) is 5.55. The van der Waals surface area contributed by atoms with Crippen molar-refractivity contribution in [1.29, 1.82) is 0 Å². The lowest BCUT2D eigenvalue weighted by Gasteiger charge is -2.09. The summed E-state index contributed by atoms with van der Waals surface area (Å²) in [5, 5.41) is 9.83. The first-order valence-corrected chi connectivity index (χ1v) is 10.1. The van der Waals surface area contributed by atoms with E-state index in [1.165, 1.54) is 0 Å². The molecule has 28 heavy (non-hydrogen) atoms. The fourth-order valence-electron chi connectivity index (χ4n) is 2.70. The van der Waals surface area contributed by atoms with E-state index in [-0.39, 0.29) is 18.0 Å². The van der Waals surface area contributed by atoms with Crippen LogP contribution in [0.2, 0.25) is 0 Å². The van der Waals surface area contributed by atoms with Gasteiger partial charge in [0.25, 0.3) is 0 Å². The van der Waals surface area contributed by atoms with Crippen molar-refractivity contribution in [3.63, 3.8) is 0 Å². The molecule has 0 aliphatic heterocycles. The lowest BCUT2D eigenvalue weighted by molar-refractivity contribution is 0.307. The van der Waals surface area contributed by atoms with E-state index >= 15 is 0 Å². The molecule has 4 aromatic rings. The second kappa shape index (κ2) is 7.79. The fraction of sp³-hybridized carbons (Fsp3) is 0.100. The van der Waals surface area contributed by atoms with E-state index in [1.807, 2.05) is 24.3 Å². The summed E-state index contributed by atoms with van der Waals surface area (Å²) in [4.78, 5) is 0.216. The van der Waals surface area contributed by atoms with Gasteiger partial charge < -0.3 is 9.15 Å². The summed E-state index contributed by atoms with van der Waals surface area (Å²) in [6.45, 7) is 0.234. The zero-order valence-electron chi connectivity index (χ0n) is 14.8. The Labute approximate surface area is 162 Å². The SMILES string of the molecule is O=S(=O)(NCCOc1ccc(-c2ccco2)nn1)c1ccc2ccccc2c1. The molecule has 0 aliphatic rings. The molecule has 0 spiro atoms. The van der Waals surface area contributed by atoms with Crippen LogP contribution in [-0.4, -0.2) is 31.8 Å². The molecule has 0 unspecified atom stereocenters. The van der Waals surface area contributed by atoms with Crippen LogP contribution in [0, 0.1) is 0 Å². The van der Waals surface area contributed by atoms with E-state index in [9.17, 15) is 8.42 Å². The van der Waals surface area contributed by atoms with Gasteiger partial charge in [-0.2, -0.15) is 0 Å². The molecule has 0 aliphatic carbocycles. The van der Waals surface area contributed by atoms with Gasteiger partial charge >= 0.3 is 0 Å². The third-order valence-electron chi connectivity index (χ3n) is 4.09. The topological polar surface area (TPSA) is 94.3 Å². The monoisotopic (exact) mass is 395 g/mol. The van der Waals surface area contributed by atoms with E-state index in [4.69, 9.17) is 9.15 Å². The van der Waals surface area contributed by atoms with E-state index in [1.54, 1.807) is 48.7 Å². The minimum atomic E-state index is -3.62. The molecule has 2 heterocycles. The maximum Gasteiger partial charge on any atom is 0.240 e.